The van der Waals surface area contributed by atoms with E-state index in [1.54, 1.807) is 30.2 Å². The number of hydrogen-bond donors (Lipinski definition) is 1. The Balaban J connectivity index is 2.04. The summed E-state index contributed by atoms with van der Waals surface area (Å²) in [6, 6.07) is 5.29. The van der Waals surface area contributed by atoms with Crippen LogP contribution in [-0.2, 0) is 4.79 Å². The van der Waals surface area contributed by atoms with Gasteiger partial charge in [0.05, 0.1) is 19.6 Å². The Kier molecular flexibility index (Phi) is 8.43. The standard InChI is InChI=1S/C21H32N2O4/c1-4-6-13-27-18-10-9-16(14-19(18)26-3)21(25)23-12-7-8-17(15-23)20(24)22-11-5-2/h9-10,14,17H,4-8,11-13,15H2,1-3H3,(H,22,24). The zero-order valence-electron chi connectivity index (χ0n) is 16.8. The number of nitrogens with one attached hydrogen (secondary N) is 1. The number of ether oxygens (including phenoxy) is 2. The van der Waals surface area contributed by atoms with Gasteiger partial charge in [0.15, 0.2) is 11.5 Å². The first-order chi connectivity index (χ1) is 13.1. The predicted octanol–water partition coefficient (Wildman–Crippen LogP) is 3.25. The number of likely N-dealkylation sites (tertiary alicyclic amines) is 1. The van der Waals surface area contributed by atoms with Crippen LogP contribution < -0.4 is 14.8 Å². The molecular formula is C21H32N2O4. The summed E-state index contributed by atoms with van der Waals surface area (Å²) in [5.41, 5.74) is 0.560. The fourth-order valence-electron chi connectivity index (χ4n) is 3.20. The third-order valence-electron chi connectivity index (χ3n) is 4.79. The van der Waals surface area contributed by atoms with Crippen molar-refractivity contribution in [1.29, 1.82) is 0 Å². The lowest BCUT2D eigenvalue weighted by Crippen LogP contribution is -2.45. The molecule has 2 amide bonds. The number of carbonyl (C=O) groups is 2. The van der Waals surface area contributed by atoms with E-state index in [1.165, 1.54) is 0 Å². The van der Waals surface area contributed by atoms with Gasteiger partial charge in [-0.25, -0.2) is 0 Å². The van der Waals surface area contributed by atoms with Crippen LogP contribution in [0.2, 0.25) is 0 Å². The van der Waals surface area contributed by atoms with Crippen LogP contribution in [0, 0.1) is 5.92 Å². The highest BCUT2D eigenvalue weighted by Crippen LogP contribution is 2.29. The molecule has 1 atom stereocenters. The second-order valence-electron chi connectivity index (χ2n) is 6.95. The molecule has 1 aromatic rings. The zero-order valence-corrected chi connectivity index (χ0v) is 16.8. The van der Waals surface area contributed by atoms with E-state index in [4.69, 9.17) is 9.47 Å². The molecule has 1 N–H and O–H groups in total. The van der Waals surface area contributed by atoms with Crippen LogP contribution >= 0.6 is 0 Å². The van der Waals surface area contributed by atoms with Gasteiger partial charge in [-0.15, -0.1) is 0 Å². The highest BCUT2D eigenvalue weighted by molar-refractivity contribution is 5.95. The van der Waals surface area contributed by atoms with Crippen LogP contribution in [0.25, 0.3) is 0 Å². The highest BCUT2D eigenvalue weighted by Gasteiger charge is 2.29. The van der Waals surface area contributed by atoms with Crippen LogP contribution in [0.3, 0.4) is 0 Å². The molecule has 1 aliphatic heterocycles. The number of hydrogen-bond acceptors (Lipinski definition) is 4. The van der Waals surface area contributed by atoms with Crippen LogP contribution in [0.5, 0.6) is 11.5 Å². The van der Waals surface area contributed by atoms with Crippen LogP contribution in [-0.4, -0.2) is 50.1 Å². The molecule has 0 aliphatic carbocycles. The Hall–Kier alpha value is -2.24. The Morgan fingerprint density at radius 1 is 1.22 bits per heavy atom. The van der Waals surface area contributed by atoms with Crippen molar-refractivity contribution < 1.29 is 19.1 Å². The number of rotatable bonds is 9. The third-order valence-corrected chi connectivity index (χ3v) is 4.79. The summed E-state index contributed by atoms with van der Waals surface area (Å²) < 4.78 is 11.1. The number of methoxy groups -OCH3 is 1. The van der Waals surface area contributed by atoms with Gasteiger partial charge < -0.3 is 19.7 Å². The van der Waals surface area contributed by atoms with Gasteiger partial charge in [-0.2, -0.15) is 0 Å². The molecule has 1 fully saturated rings. The molecule has 1 aliphatic rings. The molecule has 27 heavy (non-hydrogen) atoms. The number of amides is 2. The number of carbonyl (C=O) groups excluding carboxylic acids is 2. The van der Waals surface area contributed by atoms with Crippen molar-refractivity contribution in [3.63, 3.8) is 0 Å². The van der Waals surface area contributed by atoms with Crippen molar-refractivity contribution >= 4 is 11.8 Å². The smallest absolute Gasteiger partial charge is 0.254 e. The fourth-order valence-corrected chi connectivity index (χ4v) is 3.20. The van der Waals surface area contributed by atoms with Crippen LogP contribution in [0.15, 0.2) is 18.2 Å². The van der Waals surface area contributed by atoms with Crippen molar-refractivity contribution in [1.82, 2.24) is 10.2 Å². The molecular weight excluding hydrogens is 344 g/mol. The molecule has 2 rings (SSSR count). The zero-order chi connectivity index (χ0) is 19.6. The first-order valence-corrected chi connectivity index (χ1v) is 9.98. The van der Waals surface area contributed by atoms with Gasteiger partial charge in [0.1, 0.15) is 0 Å². The number of unbranched alkanes of at least 4 members (excludes halogenated alkanes) is 1. The molecule has 6 nitrogen and oxygen atoms in total. The van der Waals surface area contributed by atoms with E-state index < -0.39 is 0 Å². The van der Waals surface area contributed by atoms with Crippen molar-refractivity contribution in [3.8, 4) is 11.5 Å². The van der Waals surface area contributed by atoms with Gasteiger partial charge >= 0.3 is 0 Å². The second-order valence-corrected chi connectivity index (χ2v) is 6.95. The van der Waals surface area contributed by atoms with E-state index in [0.29, 0.717) is 43.3 Å². The molecule has 0 aromatic heterocycles. The molecule has 6 heteroatoms. The quantitative estimate of drug-likeness (QED) is 0.672. The van der Waals surface area contributed by atoms with Gasteiger partial charge in [-0.1, -0.05) is 20.3 Å². The SMILES string of the molecule is CCCCOc1ccc(C(=O)N2CCCC(C(=O)NCCC)C2)cc1OC. The van der Waals surface area contributed by atoms with E-state index in [0.717, 1.165) is 32.1 Å². The predicted molar refractivity (Wildman–Crippen MR) is 105 cm³/mol. The molecule has 0 bridgehead atoms. The van der Waals surface area contributed by atoms with Crippen molar-refractivity contribution in [3.05, 3.63) is 23.8 Å². The summed E-state index contributed by atoms with van der Waals surface area (Å²) in [6.45, 7) is 6.58. The maximum atomic E-state index is 12.9. The lowest BCUT2D eigenvalue weighted by atomic mass is 9.96. The molecule has 1 aromatic carbocycles. The summed E-state index contributed by atoms with van der Waals surface area (Å²) in [7, 11) is 1.57. The average Bonchev–Trinajstić information content (AvgIpc) is 2.71. The Morgan fingerprint density at radius 2 is 2.04 bits per heavy atom. The van der Waals surface area contributed by atoms with E-state index in [1.807, 2.05) is 6.92 Å². The van der Waals surface area contributed by atoms with Gasteiger partial charge in [-0.3, -0.25) is 9.59 Å². The maximum Gasteiger partial charge on any atom is 0.254 e. The topological polar surface area (TPSA) is 67.9 Å². The molecule has 0 saturated carbocycles. The molecule has 0 spiro atoms. The Labute approximate surface area is 162 Å². The first kappa shape index (κ1) is 21.1. The summed E-state index contributed by atoms with van der Waals surface area (Å²) in [5.74, 6) is 1.06. The van der Waals surface area contributed by atoms with Crippen molar-refractivity contribution in [2.45, 2.75) is 46.0 Å². The van der Waals surface area contributed by atoms with E-state index in [2.05, 4.69) is 12.2 Å². The number of nitrogens with zero attached hydrogens (tertiary/aromatic N) is 1. The monoisotopic (exact) mass is 376 g/mol. The maximum absolute atomic E-state index is 12.9. The lowest BCUT2D eigenvalue weighted by molar-refractivity contribution is -0.126. The Morgan fingerprint density at radius 3 is 2.74 bits per heavy atom. The summed E-state index contributed by atoms with van der Waals surface area (Å²) >= 11 is 0. The number of piperidine rings is 1. The molecule has 0 radical (unpaired) electrons. The summed E-state index contributed by atoms with van der Waals surface area (Å²) in [5, 5.41) is 2.94. The highest BCUT2D eigenvalue weighted by atomic mass is 16.5. The molecule has 150 valence electrons. The second kappa shape index (κ2) is 10.8. The first-order valence-electron chi connectivity index (χ1n) is 9.98. The Bertz CT molecular complexity index is 633. The fraction of sp³-hybridized carbons (Fsp3) is 0.619. The lowest BCUT2D eigenvalue weighted by Gasteiger charge is -2.32. The average molecular weight is 376 g/mol. The summed E-state index contributed by atoms with van der Waals surface area (Å²) in [6.07, 6.45) is 4.60. The summed E-state index contributed by atoms with van der Waals surface area (Å²) in [4.78, 5) is 26.9. The van der Waals surface area contributed by atoms with Gasteiger partial charge in [0.25, 0.3) is 5.91 Å². The normalized spacial score (nSPS) is 16.7. The molecule has 1 saturated heterocycles. The molecule has 1 heterocycles. The van der Waals surface area contributed by atoms with Crippen molar-refractivity contribution in [2.24, 2.45) is 5.92 Å². The number of benzene rings is 1. The van der Waals surface area contributed by atoms with E-state index in [-0.39, 0.29) is 17.7 Å². The minimum Gasteiger partial charge on any atom is -0.493 e. The minimum atomic E-state index is -0.132. The molecule has 1 unspecified atom stereocenters. The van der Waals surface area contributed by atoms with Gasteiger partial charge in [-0.05, 0) is 43.9 Å². The third kappa shape index (κ3) is 5.88. The van der Waals surface area contributed by atoms with Gasteiger partial charge in [0.2, 0.25) is 5.91 Å². The largest absolute Gasteiger partial charge is 0.493 e. The van der Waals surface area contributed by atoms with Crippen molar-refractivity contribution in [2.75, 3.05) is 33.4 Å². The van der Waals surface area contributed by atoms with E-state index in [9.17, 15) is 9.59 Å². The van der Waals surface area contributed by atoms with Crippen LogP contribution in [0.1, 0.15) is 56.3 Å². The van der Waals surface area contributed by atoms with Crippen LogP contribution in [0.4, 0.5) is 0 Å². The minimum absolute atomic E-state index is 0.0478. The van der Waals surface area contributed by atoms with E-state index >= 15 is 0 Å². The van der Waals surface area contributed by atoms with Gasteiger partial charge in [0, 0.05) is 25.2 Å².